The largest absolute Gasteiger partial charge is 0.397 e. The Hall–Kier alpha value is -2.98. The lowest BCUT2D eigenvalue weighted by Crippen LogP contribution is -2.28. The number of aromatic nitrogens is 1. The van der Waals surface area contributed by atoms with E-state index >= 15 is 0 Å². The molecule has 0 unspecified atom stereocenters. The van der Waals surface area contributed by atoms with E-state index in [1.54, 1.807) is 0 Å². The van der Waals surface area contributed by atoms with Crippen LogP contribution in [-0.2, 0) is 21.2 Å². The number of thiophene rings is 1. The summed E-state index contributed by atoms with van der Waals surface area (Å²) in [6.45, 7) is 5.34. The van der Waals surface area contributed by atoms with Crippen molar-refractivity contribution in [1.29, 1.82) is 0 Å². The van der Waals surface area contributed by atoms with E-state index < -0.39 is 21.8 Å². The number of fused-ring (bicyclic) bond motifs is 1. The van der Waals surface area contributed by atoms with Crippen molar-refractivity contribution in [2.24, 2.45) is 5.92 Å². The molecular formula is C20H22N4O4S2. The molecular weight excluding hydrogens is 424 g/mol. The fraction of sp³-hybridized carbons (Fsp3) is 0.250. The highest BCUT2D eigenvalue weighted by molar-refractivity contribution is 7.90. The van der Waals surface area contributed by atoms with Crippen LogP contribution in [0.1, 0.15) is 36.1 Å². The van der Waals surface area contributed by atoms with Crippen LogP contribution in [0.25, 0.3) is 10.2 Å². The molecule has 0 aliphatic heterocycles. The summed E-state index contributed by atoms with van der Waals surface area (Å²) in [6.07, 6.45) is 0.836. The molecule has 0 spiro atoms. The van der Waals surface area contributed by atoms with Gasteiger partial charge in [0.25, 0.3) is 15.9 Å². The number of carbonyl (C=O) groups excluding carboxylic acids is 2. The van der Waals surface area contributed by atoms with Gasteiger partial charge in [0.05, 0.1) is 10.6 Å². The number of rotatable bonds is 6. The first kappa shape index (κ1) is 21.7. The summed E-state index contributed by atoms with van der Waals surface area (Å²) in [7, 11) is -3.93. The van der Waals surface area contributed by atoms with Gasteiger partial charge in [0.15, 0.2) is 0 Å². The van der Waals surface area contributed by atoms with Gasteiger partial charge in [0.2, 0.25) is 5.91 Å². The van der Waals surface area contributed by atoms with Crippen molar-refractivity contribution in [3.05, 3.63) is 47.0 Å². The Morgan fingerprint density at radius 2 is 1.80 bits per heavy atom. The highest BCUT2D eigenvalue weighted by Crippen LogP contribution is 2.33. The molecule has 0 fully saturated rings. The van der Waals surface area contributed by atoms with E-state index in [2.05, 4.69) is 24.1 Å². The maximum absolute atomic E-state index is 12.7. The van der Waals surface area contributed by atoms with Crippen molar-refractivity contribution in [3.63, 3.8) is 0 Å². The van der Waals surface area contributed by atoms with Crippen molar-refractivity contribution in [2.75, 3.05) is 11.1 Å². The van der Waals surface area contributed by atoms with Gasteiger partial charge in [0.1, 0.15) is 9.71 Å². The first-order valence-electron chi connectivity index (χ1n) is 9.19. The molecule has 0 saturated carbocycles. The number of pyridine rings is 1. The Labute approximate surface area is 178 Å². The number of nitrogens with zero attached hydrogens (tertiary/aromatic N) is 1. The number of hydrogen-bond acceptors (Lipinski definition) is 7. The summed E-state index contributed by atoms with van der Waals surface area (Å²) < 4.78 is 25.9. The molecule has 0 aliphatic rings. The van der Waals surface area contributed by atoms with Crippen molar-refractivity contribution < 1.29 is 18.0 Å². The average Bonchev–Trinajstić information content (AvgIpc) is 2.97. The smallest absolute Gasteiger partial charge is 0.267 e. The second kappa shape index (κ2) is 8.41. The summed E-state index contributed by atoms with van der Waals surface area (Å²) in [6, 6.07) is 9.28. The third kappa shape index (κ3) is 4.77. The fourth-order valence-electron chi connectivity index (χ4n) is 2.89. The number of anilines is 2. The maximum atomic E-state index is 12.7. The van der Waals surface area contributed by atoms with E-state index in [1.165, 1.54) is 35.6 Å². The average molecular weight is 447 g/mol. The van der Waals surface area contributed by atoms with Gasteiger partial charge >= 0.3 is 0 Å². The zero-order valence-electron chi connectivity index (χ0n) is 16.7. The summed E-state index contributed by atoms with van der Waals surface area (Å²) in [5, 5.41) is 3.44. The molecule has 30 heavy (non-hydrogen) atoms. The van der Waals surface area contributed by atoms with Gasteiger partial charge in [-0.05, 0) is 48.7 Å². The van der Waals surface area contributed by atoms with E-state index in [9.17, 15) is 18.0 Å². The molecule has 2 aromatic heterocycles. The topological polar surface area (TPSA) is 131 Å². The number of nitrogens with one attached hydrogen (secondary N) is 2. The Bertz CT molecular complexity index is 1220. The van der Waals surface area contributed by atoms with Gasteiger partial charge in [-0.25, -0.2) is 18.1 Å². The normalized spacial score (nSPS) is 11.6. The number of carbonyl (C=O) groups is 2. The zero-order valence-corrected chi connectivity index (χ0v) is 18.4. The molecule has 3 aromatic rings. The molecule has 4 N–H and O–H groups in total. The lowest BCUT2D eigenvalue weighted by atomic mass is 10.1. The van der Waals surface area contributed by atoms with Crippen molar-refractivity contribution >= 4 is 54.8 Å². The minimum Gasteiger partial charge on any atom is -0.397 e. The molecule has 0 aliphatic carbocycles. The van der Waals surface area contributed by atoms with Gasteiger partial charge in [-0.3, -0.25) is 9.59 Å². The maximum Gasteiger partial charge on any atom is 0.267 e. The lowest BCUT2D eigenvalue weighted by molar-refractivity contribution is -0.117. The number of nitrogens with two attached hydrogens (primary N) is 1. The van der Waals surface area contributed by atoms with Crippen LogP contribution in [-0.4, -0.2) is 25.2 Å². The molecule has 1 aromatic carbocycles. The number of hydrogen-bond donors (Lipinski definition) is 3. The number of nitrogen functional groups attached to an aromatic ring is 1. The lowest BCUT2D eigenvalue weighted by Gasteiger charge is -2.07. The van der Waals surface area contributed by atoms with E-state index in [0.717, 1.165) is 24.4 Å². The van der Waals surface area contributed by atoms with Gasteiger partial charge in [0, 0.05) is 23.7 Å². The van der Waals surface area contributed by atoms with Gasteiger partial charge < -0.3 is 11.1 Å². The van der Waals surface area contributed by atoms with E-state index in [4.69, 9.17) is 5.73 Å². The summed E-state index contributed by atoms with van der Waals surface area (Å²) in [5.41, 5.74) is 7.87. The van der Waals surface area contributed by atoms with Crippen molar-refractivity contribution in [3.8, 4) is 0 Å². The van der Waals surface area contributed by atoms with Gasteiger partial charge in [-0.15, -0.1) is 11.3 Å². The SMILES string of the molecule is CC(=O)NS(=O)(=O)c1ccc(NC(=O)c2sc3nc(CC(C)C)ccc3c2N)cc1. The van der Waals surface area contributed by atoms with Crippen LogP contribution >= 0.6 is 11.3 Å². The predicted octanol–water partition coefficient (Wildman–Crippen LogP) is 3.15. The first-order valence-corrected chi connectivity index (χ1v) is 11.5. The third-order valence-corrected chi connectivity index (χ3v) is 6.74. The second-order valence-electron chi connectivity index (χ2n) is 7.24. The fourth-order valence-corrected chi connectivity index (χ4v) is 4.89. The zero-order chi connectivity index (χ0) is 22.1. The Balaban J connectivity index is 1.81. The number of benzene rings is 1. The number of sulfonamides is 1. The molecule has 8 nitrogen and oxygen atoms in total. The van der Waals surface area contributed by atoms with Crippen LogP contribution in [0.3, 0.4) is 0 Å². The van der Waals surface area contributed by atoms with Crippen LogP contribution in [0.4, 0.5) is 11.4 Å². The van der Waals surface area contributed by atoms with E-state index in [1.807, 2.05) is 16.9 Å². The summed E-state index contributed by atoms with van der Waals surface area (Å²) in [5.74, 6) is -0.622. The highest BCUT2D eigenvalue weighted by Gasteiger charge is 2.19. The molecule has 0 radical (unpaired) electrons. The van der Waals surface area contributed by atoms with Crippen LogP contribution in [0.15, 0.2) is 41.3 Å². The Morgan fingerprint density at radius 1 is 1.13 bits per heavy atom. The molecule has 2 heterocycles. The Kier molecular flexibility index (Phi) is 6.09. The van der Waals surface area contributed by atoms with Crippen LogP contribution in [0, 0.1) is 5.92 Å². The Morgan fingerprint density at radius 3 is 2.40 bits per heavy atom. The quantitative estimate of drug-likeness (QED) is 0.533. The minimum atomic E-state index is -3.93. The molecule has 10 heteroatoms. The molecule has 0 saturated heterocycles. The van der Waals surface area contributed by atoms with Crippen LogP contribution in [0.2, 0.25) is 0 Å². The van der Waals surface area contributed by atoms with Crippen molar-refractivity contribution in [2.45, 2.75) is 32.1 Å². The standard InChI is InChI=1S/C20H22N4O4S2/c1-11(2)10-14-6-9-16-17(21)18(29-20(16)23-14)19(26)22-13-4-7-15(8-5-13)30(27,28)24-12(3)25/h4-9,11H,10,21H2,1-3H3,(H,22,26)(H,24,25). The first-order chi connectivity index (χ1) is 14.1. The van der Waals surface area contributed by atoms with Crippen LogP contribution < -0.4 is 15.8 Å². The molecule has 3 rings (SSSR count). The highest BCUT2D eigenvalue weighted by atomic mass is 32.2. The van der Waals surface area contributed by atoms with Crippen molar-refractivity contribution in [1.82, 2.24) is 9.71 Å². The molecule has 0 atom stereocenters. The van der Waals surface area contributed by atoms with Crippen LogP contribution in [0.5, 0.6) is 0 Å². The molecule has 0 bridgehead atoms. The van der Waals surface area contributed by atoms with Gasteiger partial charge in [-0.2, -0.15) is 0 Å². The molecule has 2 amide bonds. The number of amides is 2. The van der Waals surface area contributed by atoms with Gasteiger partial charge in [-0.1, -0.05) is 13.8 Å². The van der Waals surface area contributed by atoms with E-state index in [0.29, 0.717) is 27.0 Å². The second-order valence-corrected chi connectivity index (χ2v) is 9.92. The third-order valence-electron chi connectivity index (χ3n) is 4.18. The summed E-state index contributed by atoms with van der Waals surface area (Å²) >= 11 is 1.22. The monoisotopic (exact) mass is 446 g/mol. The predicted molar refractivity (Wildman–Crippen MR) is 118 cm³/mol. The minimum absolute atomic E-state index is 0.0843. The molecule has 158 valence electrons. The summed E-state index contributed by atoms with van der Waals surface area (Å²) in [4.78, 5) is 29.3. The van der Waals surface area contributed by atoms with E-state index in [-0.39, 0.29) is 4.90 Å².